The van der Waals surface area contributed by atoms with Crippen LogP contribution in [0.4, 0.5) is 0 Å². The summed E-state index contributed by atoms with van der Waals surface area (Å²) in [5.74, 6) is 1.43. The quantitative estimate of drug-likeness (QED) is 0.718. The molecule has 3 unspecified atom stereocenters. The van der Waals surface area contributed by atoms with Crippen molar-refractivity contribution >= 4 is 5.91 Å². The van der Waals surface area contributed by atoms with E-state index in [0.717, 1.165) is 43.2 Å². The maximum atomic E-state index is 12.9. The molecule has 4 aliphatic carbocycles. The number of phenols is 1. The summed E-state index contributed by atoms with van der Waals surface area (Å²) in [5, 5.41) is 23.7. The molecule has 0 heterocycles. The summed E-state index contributed by atoms with van der Waals surface area (Å²) >= 11 is 0. The Balaban J connectivity index is 1.30. The number of hydrogen-bond acceptors (Lipinski definition) is 3. The minimum absolute atomic E-state index is 0.0421. The van der Waals surface area contributed by atoms with Crippen LogP contribution in [0, 0.1) is 17.3 Å². The first kappa shape index (κ1) is 18.7. The molecule has 29 heavy (non-hydrogen) atoms. The van der Waals surface area contributed by atoms with Crippen molar-refractivity contribution in [2.75, 3.05) is 0 Å². The Hall–Kier alpha value is -2.33. The van der Waals surface area contributed by atoms with Gasteiger partial charge in [0.2, 0.25) is 0 Å². The minimum Gasteiger partial charge on any atom is -0.508 e. The summed E-state index contributed by atoms with van der Waals surface area (Å²) in [5.41, 5.74) is 2.21. The van der Waals surface area contributed by atoms with Gasteiger partial charge in [-0.3, -0.25) is 4.79 Å². The topological polar surface area (TPSA) is 69.6 Å². The van der Waals surface area contributed by atoms with E-state index in [0.29, 0.717) is 17.4 Å². The number of carbonyl (C=O) groups is 1. The monoisotopic (exact) mass is 391 g/mol. The fraction of sp³-hybridized carbons (Fsp3) is 0.480. The van der Waals surface area contributed by atoms with Crippen molar-refractivity contribution in [2.24, 2.45) is 17.3 Å². The molecule has 152 valence electrons. The van der Waals surface area contributed by atoms with Crippen molar-refractivity contribution in [3.63, 3.8) is 0 Å². The van der Waals surface area contributed by atoms with Crippen molar-refractivity contribution in [3.05, 3.63) is 54.1 Å². The van der Waals surface area contributed by atoms with Crippen LogP contribution in [-0.2, 0) is 0 Å². The first-order valence-electron chi connectivity index (χ1n) is 10.8. The molecule has 4 nitrogen and oxygen atoms in total. The van der Waals surface area contributed by atoms with Crippen LogP contribution in [0.1, 0.15) is 55.8 Å². The largest absolute Gasteiger partial charge is 0.508 e. The summed E-state index contributed by atoms with van der Waals surface area (Å²) in [6.45, 7) is 2.12. The molecule has 6 rings (SSSR count). The second-order valence-corrected chi connectivity index (χ2v) is 9.87. The Morgan fingerprint density at radius 1 is 0.966 bits per heavy atom. The summed E-state index contributed by atoms with van der Waals surface area (Å²) in [6.07, 6.45) is 6.24. The number of hydrogen-bond donors (Lipinski definition) is 3. The average molecular weight is 392 g/mol. The number of aliphatic hydroxyl groups is 1. The molecule has 4 saturated carbocycles. The van der Waals surface area contributed by atoms with E-state index in [1.807, 2.05) is 36.4 Å². The number of nitrogens with one attached hydrogen (secondary N) is 1. The molecule has 4 bridgehead atoms. The van der Waals surface area contributed by atoms with Crippen LogP contribution >= 0.6 is 0 Å². The maximum Gasteiger partial charge on any atom is 0.251 e. The number of benzene rings is 2. The van der Waals surface area contributed by atoms with Crippen molar-refractivity contribution in [1.82, 2.24) is 5.32 Å². The second kappa shape index (κ2) is 6.60. The molecule has 3 N–H and O–H groups in total. The van der Waals surface area contributed by atoms with E-state index in [9.17, 15) is 15.0 Å². The van der Waals surface area contributed by atoms with Crippen LogP contribution in [0.2, 0.25) is 0 Å². The Morgan fingerprint density at radius 3 is 2.07 bits per heavy atom. The standard InChI is InChI=1S/C25H29NO3/c1-16(24-11-17-10-18(12-24)14-25(29,13-17)15-24)26-23(28)21-4-2-19(3-5-21)20-6-8-22(27)9-7-20/h2-9,16-18,27,29H,10-15H2,1H3,(H,26,28). The molecule has 3 atom stereocenters. The van der Waals surface area contributed by atoms with Gasteiger partial charge in [0.1, 0.15) is 5.75 Å². The molecular formula is C25H29NO3. The van der Waals surface area contributed by atoms with Crippen molar-refractivity contribution in [3.8, 4) is 16.9 Å². The van der Waals surface area contributed by atoms with Crippen LogP contribution < -0.4 is 5.32 Å². The predicted molar refractivity (Wildman–Crippen MR) is 113 cm³/mol. The third-order valence-electron chi connectivity index (χ3n) is 7.69. The molecule has 2 aromatic rings. The molecule has 0 aliphatic heterocycles. The number of amides is 1. The van der Waals surface area contributed by atoms with Gasteiger partial charge in [-0.15, -0.1) is 0 Å². The lowest BCUT2D eigenvalue weighted by Gasteiger charge is -2.62. The number of phenolic OH excluding ortho intramolecular Hbond substituents is 1. The molecule has 0 radical (unpaired) electrons. The van der Waals surface area contributed by atoms with E-state index in [2.05, 4.69) is 12.2 Å². The van der Waals surface area contributed by atoms with Gasteiger partial charge < -0.3 is 15.5 Å². The summed E-state index contributed by atoms with van der Waals surface area (Å²) in [4.78, 5) is 12.9. The molecule has 1 amide bonds. The van der Waals surface area contributed by atoms with Crippen LogP contribution in [0.25, 0.3) is 11.1 Å². The molecule has 4 fully saturated rings. The van der Waals surface area contributed by atoms with Gasteiger partial charge in [-0.05, 0) is 98.1 Å². The highest BCUT2D eigenvalue weighted by molar-refractivity contribution is 5.95. The van der Waals surface area contributed by atoms with Gasteiger partial charge in [0.05, 0.1) is 5.60 Å². The third-order valence-corrected chi connectivity index (χ3v) is 7.69. The third kappa shape index (κ3) is 3.33. The van der Waals surface area contributed by atoms with Crippen LogP contribution in [0.3, 0.4) is 0 Å². The fourth-order valence-electron chi connectivity index (χ4n) is 6.69. The van der Waals surface area contributed by atoms with Crippen LogP contribution in [0.5, 0.6) is 5.75 Å². The zero-order valence-corrected chi connectivity index (χ0v) is 16.9. The number of rotatable bonds is 4. The van der Waals surface area contributed by atoms with Gasteiger partial charge >= 0.3 is 0 Å². The van der Waals surface area contributed by atoms with Crippen molar-refractivity contribution < 1.29 is 15.0 Å². The first-order valence-corrected chi connectivity index (χ1v) is 10.8. The summed E-state index contributed by atoms with van der Waals surface area (Å²) in [7, 11) is 0. The Morgan fingerprint density at radius 2 is 1.52 bits per heavy atom. The zero-order valence-electron chi connectivity index (χ0n) is 16.9. The van der Waals surface area contributed by atoms with Gasteiger partial charge in [0.25, 0.3) is 5.91 Å². The molecule has 2 aromatic carbocycles. The van der Waals surface area contributed by atoms with Crippen LogP contribution in [0.15, 0.2) is 48.5 Å². The van der Waals surface area contributed by atoms with Crippen molar-refractivity contribution in [1.29, 1.82) is 0 Å². The first-order chi connectivity index (χ1) is 13.8. The minimum atomic E-state index is -0.505. The van der Waals surface area contributed by atoms with Gasteiger partial charge in [-0.2, -0.15) is 0 Å². The summed E-state index contributed by atoms with van der Waals surface area (Å²) in [6, 6.07) is 14.7. The predicted octanol–water partition coefficient (Wildman–Crippen LogP) is 4.51. The SMILES string of the molecule is CC(NC(=O)c1ccc(-c2ccc(O)cc2)cc1)C12CC3CC(CC(O)(C3)C1)C2. The second-order valence-electron chi connectivity index (χ2n) is 9.87. The fourth-order valence-corrected chi connectivity index (χ4v) is 6.69. The molecule has 4 heteroatoms. The maximum absolute atomic E-state index is 12.9. The highest BCUT2D eigenvalue weighted by Crippen LogP contribution is 2.62. The van der Waals surface area contributed by atoms with E-state index >= 15 is 0 Å². The Bertz CT molecular complexity index is 904. The van der Waals surface area contributed by atoms with Crippen molar-refractivity contribution in [2.45, 2.75) is 57.1 Å². The number of aromatic hydroxyl groups is 1. The Labute approximate surface area is 172 Å². The molecule has 0 saturated heterocycles. The molecule has 0 spiro atoms. The van der Waals surface area contributed by atoms with E-state index in [1.54, 1.807) is 12.1 Å². The molecule has 0 aromatic heterocycles. The number of carbonyl (C=O) groups excluding carboxylic acids is 1. The molecular weight excluding hydrogens is 362 g/mol. The normalized spacial score (nSPS) is 33.4. The lowest BCUT2D eigenvalue weighted by atomic mass is 9.46. The molecule has 4 aliphatic rings. The van der Waals surface area contributed by atoms with Gasteiger partial charge in [-0.1, -0.05) is 24.3 Å². The lowest BCUT2D eigenvalue weighted by molar-refractivity contribution is -0.171. The van der Waals surface area contributed by atoms with E-state index in [1.165, 1.54) is 6.42 Å². The van der Waals surface area contributed by atoms with E-state index in [4.69, 9.17) is 0 Å². The highest BCUT2D eigenvalue weighted by Gasteiger charge is 2.59. The van der Waals surface area contributed by atoms with E-state index in [-0.39, 0.29) is 23.1 Å². The zero-order chi connectivity index (χ0) is 20.2. The van der Waals surface area contributed by atoms with Crippen LogP contribution in [-0.4, -0.2) is 27.8 Å². The smallest absolute Gasteiger partial charge is 0.251 e. The summed E-state index contributed by atoms with van der Waals surface area (Å²) < 4.78 is 0. The average Bonchev–Trinajstić information content (AvgIpc) is 2.67. The highest BCUT2D eigenvalue weighted by atomic mass is 16.3. The van der Waals surface area contributed by atoms with Gasteiger partial charge in [-0.25, -0.2) is 0 Å². The lowest BCUT2D eigenvalue weighted by Crippen LogP contribution is -2.61. The van der Waals surface area contributed by atoms with Gasteiger partial charge in [0.15, 0.2) is 0 Å². The van der Waals surface area contributed by atoms with E-state index < -0.39 is 5.60 Å². The van der Waals surface area contributed by atoms with Gasteiger partial charge in [0, 0.05) is 11.6 Å². The Kier molecular flexibility index (Phi) is 4.25.